The molecule has 0 aliphatic carbocycles. The first-order valence-corrected chi connectivity index (χ1v) is 3.39. The third-order valence-electron chi connectivity index (χ3n) is 1.18. The van der Waals surface area contributed by atoms with Gasteiger partial charge in [-0.3, -0.25) is 0 Å². The van der Waals surface area contributed by atoms with Crippen LogP contribution in [0.2, 0.25) is 0 Å². The van der Waals surface area contributed by atoms with E-state index in [9.17, 15) is 4.39 Å². The van der Waals surface area contributed by atoms with Crippen LogP contribution in [0.5, 0.6) is 0 Å². The van der Waals surface area contributed by atoms with Crippen LogP contribution in [0.1, 0.15) is 5.56 Å². The van der Waals surface area contributed by atoms with Crippen LogP contribution in [-0.4, -0.2) is 4.98 Å². The van der Waals surface area contributed by atoms with E-state index in [2.05, 4.69) is 9.83 Å². The SMILES string of the molecule is [C-]#[N+]c1cc(CCl)c(F)cn1. The first-order chi connectivity index (χ1) is 5.27. The molecular formula is C7H4ClFN2. The summed E-state index contributed by atoms with van der Waals surface area (Å²) < 4.78 is 12.7. The highest BCUT2D eigenvalue weighted by Crippen LogP contribution is 2.15. The Morgan fingerprint density at radius 2 is 2.45 bits per heavy atom. The zero-order valence-corrected chi connectivity index (χ0v) is 6.27. The molecule has 4 heteroatoms. The number of halogens is 2. The molecule has 0 aliphatic rings. The summed E-state index contributed by atoms with van der Waals surface area (Å²) in [7, 11) is 0. The molecule has 1 aromatic rings. The topological polar surface area (TPSA) is 17.2 Å². The maximum Gasteiger partial charge on any atom is 0.269 e. The second kappa shape index (κ2) is 3.31. The van der Waals surface area contributed by atoms with Gasteiger partial charge in [-0.25, -0.2) is 4.39 Å². The van der Waals surface area contributed by atoms with E-state index in [-0.39, 0.29) is 11.7 Å². The van der Waals surface area contributed by atoms with Gasteiger partial charge in [0, 0.05) is 5.88 Å². The first-order valence-electron chi connectivity index (χ1n) is 2.85. The van der Waals surface area contributed by atoms with Crippen LogP contribution in [0.15, 0.2) is 12.3 Å². The van der Waals surface area contributed by atoms with E-state index in [0.29, 0.717) is 5.56 Å². The molecule has 0 amide bonds. The van der Waals surface area contributed by atoms with Gasteiger partial charge in [0.1, 0.15) is 0 Å². The van der Waals surface area contributed by atoms with Crippen LogP contribution in [-0.2, 0) is 5.88 Å². The van der Waals surface area contributed by atoms with Crippen molar-refractivity contribution in [2.24, 2.45) is 0 Å². The summed E-state index contributed by atoms with van der Waals surface area (Å²) in [5.74, 6) is -0.230. The zero-order chi connectivity index (χ0) is 8.27. The van der Waals surface area contributed by atoms with Crippen molar-refractivity contribution in [1.82, 2.24) is 4.98 Å². The highest BCUT2D eigenvalue weighted by atomic mass is 35.5. The second-order valence-corrected chi connectivity index (χ2v) is 2.15. The maximum atomic E-state index is 12.7. The Balaban J connectivity index is 3.15. The molecule has 1 aromatic heterocycles. The molecule has 0 bridgehead atoms. The number of hydrogen-bond donors (Lipinski definition) is 0. The summed E-state index contributed by atoms with van der Waals surface area (Å²) >= 11 is 5.39. The Morgan fingerprint density at radius 3 is 3.00 bits per heavy atom. The van der Waals surface area contributed by atoms with Crippen LogP contribution in [0.3, 0.4) is 0 Å². The Labute approximate surface area is 68.5 Å². The standard InChI is InChI=1S/C7H4ClFN2/c1-10-7-2-5(3-8)6(9)4-11-7/h2,4H,3H2. The van der Waals surface area contributed by atoms with Crippen LogP contribution < -0.4 is 0 Å². The molecule has 56 valence electrons. The van der Waals surface area contributed by atoms with Crippen LogP contribution >= 0.6 is 11.6 Å². The van der Waals surface area contributed by atoms with Gasteiger partial charge in [-0.05, 0) is 11.6 Å². The number of aromatic nitrogens is 1. The van der Waals surface area contributed by atoms with E-state index in [1.165, 1.54) is 6.07 Å². The Bertz CT molecular complexity index is 306. The molecule has 0 aromatic carbocycles. The van der Waals surface area contributed by atoms with E-state index < -0.39 is 5.82 Å². The molecule has 0 N–H and O–H groups in total. The zero-order valence-electron chi connectivity index (χ0n) is 5.51. The summed E-state index contributed by atoms with van der Waals surface area (Å²) in [6.07, 6.45) is 1.01. The van der Waals surface area contributed by atoms with Crippen molar-refractivity contribution in [3.05, 3.63) is 35.1 Å². The lowest BCUT2D eigenvalue weighted by Gasteiger charge is -1.94. The van der Waals surface area contributed by atoms with Gasteiger partial charge in [-0.1, -0.05) is 6.57 Å². The smallest absolute Gasteiger partial charge is 0.269 e. The summed E-state index contributed by atoms with van der Waals surface area (Å²) in [5, 5.41) is 0. The Kier molecular flexibility index (Phi) is 2.40. The van der Waals surface area contributed by atoms with Gasteiger partial charge < -0.3 is 4.85 Å². The van der Waals surface area contributed by atoms with Gasteiger partial charge in [0.25, 0.3) is 5.82 Å². The van der Waals surface area contributed by atoms with Gasteiger partial charge in [0.05, 0.1) is 0 Å². The van der Waals surface area contributed by atoms with Crippen molar-refractivity contribution in [2.75, 3.05) is 0 Å². The number of pyridine rings is 1. The minimum atomic E-state index is -0.465. The quantitative estimate of drug-likeness (QED) is 0.468. The lowest BCUT2D eigenvalue weighted by Crippen LogP contribution is -1.86. The van der Waals surface area contributed by atoms with Crippen LogP contribution in [0.4, 0.5) is 10.2 Å². The van der Waals surface area contributed by atoms with Crippen molar-refractivity contribution < 1.29 is 4.39 Å². The molecular weight excluding hydrogens is 167 g/mol. The third-order valence-corrected chi connectivity index (χ3v) is 1.47. The van der Waals surface area contributed by atoms with Crippen molar-refractivity contribution >= 4 is 17.4 Å². The predicted molar refractivity (Wildman–Crippen MR) is 40.0 cm³/mol. The lowest BCUT2D eigenvalue weighted by atomic mass is 10.3. The molecule has 0 spiro atoms. The lowest BCUT2D eigenvalue weighted by molar-refractivity contribution is 0.611. The minimum absolute atomic E-state index is 0.0663. The van der Waals surface area contributed by atoms with Crippen molar-refractivity contribution in [3.63, 3.8) is 0 Å². The summed E-state index contributed by atoms with van der Waals surface area (Å²) in [6, 6.07) is 1.34. The predicted octanol–water partition coefficient (Wildman–Crippen LogP) is 2.51. The fourth-order valence-electron chi connectivity index (χ4n) is 0.631. The summed E-state index contributed by atoms with van der Waals surface area (Å²) in [6.45, 7) is 6.58. The van der Waals surface area contributed by atoms with Gasteiger partial charge in [0.15, 0.2) is 12.0 Å². The molecule has 0 saturated carbocycles. The minimum Gasteiger partial charge on any atom is -0.361 e. The molecule has 0 radical (unpaired) electrons. The van der Waals surface area contributed by atoms with Crippen LogP contribution in [0, 0.1) is 12.4 Å². The molecule has 0 saturated heterocycles. The van der Waals surface area contributed by atoms with E-state index in [0.717, 1.165) is 6.20 Å². The number of alkyl halides is 1. The molecule has 2 nitrogen and oxygen atoms in total. The van der Waals surface area contributed by atoms with Gasteiger partial charge >= 0.3 is 0 Å². The number of hydrogen-bond acceptors (Lipinski definition) is 1. The highest BCUT2D eigenvalue weighted by Gasteiger charge is 2.03. The summed E-state index contributed by atoms with van der Waals surface area (Å²) in [5.41, 5.74) is 0.313. The van der Waals surface area contributed by atoms with E-state index in [1.54, 1.807) is 0 Å². The highest BCUT2D eigenvalue weighted by molar-refractivity contribution is 6.17. The first kappa shape index (κ1) is 7.96. The summed E-state index contributed by atoms with van der Waals surface area (Å²) in [4.78, 5) is 6.55. The maximum absolute atomic E-state index is 12.7. The molecule has 1 rings (SSSR count). The fraction of sp³-hybridized carbons (Fsp3) is 0.143. The molecule has 0 aliphatic heterocycles. The second-order valence-electron chi connectivity index (χ2n) is 1.88. The number of nitrogens with zero attached hydrogens (tertiary/aromatic N) is 2. The van der Waals surface area contributed by atoms with Crippen molar-refractivity contribution in [3.8, 4) is 0 Å². The van der Waals surface area contributed by atoms with Crippen molar-refractivity contribution in [1.29, 1.82) is 0 Å². The average molecular weight is 171 g/mol. The molecule has 11 heavy (non-hydrogen) atoms. The monoisotopic (exact) mass is 170 g/mol. The Hall–Kier alpha value is -1.14. The molecule has 1 heterocycles. The normalized spacial score (nSPS) is 9.18. The molecule has 0 fully saturated rings. The van der Waals surface area contributed by atoms with Crippen molar-refractivity contribution in [2.45, 2.75) is 5.88 Å². The van der Waals surface area contributed by atoms with Gasteiger partial charge in [-0.2, -0.15) is 0 Å². The van der Waals surface area contributed by atoms with E-state index in [1.807, 2.05) is 0 Å². The fourth-order valence-corrected chi connectivity index (χ4v) is 0.836. The van der Waals surface area contributed by atoms with Crippen LogP contribution in [0.25, 0.3) is 4.85 Å². The van der Waals surface area contributed by atoms with Gasteiger partial charge in [0.2, 0.25) is 0 Å². The molecule has 0 unspecified atom stereocenters. The Morgan fingerprint density at radius 1 is 1.73 bits per heavy atom. The largest absolute Gasteiger partial charge is 0.361 e. The van der Waals surface area contributed by atoms with Gasteiger partial charge in [-0.15, -0.1) is 16.6 Å². The van der Waals surface area contributed by atoms with E-state index in [4.69, 9.17) is 18.2 Å². The third kappa shape index (κ3) is 1.66. The molecule has 0 atom stereocenters. The number of rotatable bonds is 1. The average Bonchev–Trinajstić information content (AvgIpc) is 2.05. The van der Waals surface area contributed by atoms with E-state index >= 15 is 0 Å².